The van der Waals surface area contributed by atoms with Crippen LogP contribution in [0.3, 0.4) is 0 Å². The van der Waals surface area contributed by atoms with Crippen molar-refractivity contribution in [3.05, 3.63) is 108 Å². The fraction of sp³-hybridized carbons (Fsp3) is 0.111. The lowest BCUT2D eigenvalue weighted by Crippen LogP contribution is -2.31. The molecule has 2 aromatic heterocycles. The van der Waals surface area contributed by atoms with Crippen molar-refractivity contribution >= 4 is 31.2 Å². The summed E-state index contributed by atoms with van der Waals surface area (Å²) in [4.78, 5) is 8.77. The molecule has 3 aromatic carbocycles. The number of fused-ring (bicyclic) bond motifs is 1. The van der Waals surface area contributed by atoms with Gasteiger partial charge in [-0.05, 0) is 54.8 Å². The van der Waals surface area contributed by atoms with Crippen LogP contribution in [0.2, 0.25) is 0 Å². The maximum atomic E-state index is 13.3. The maximum Gasteiger partial charge on any atom is 0.254 e. The number of sulfonamides is 2. The maximum absolute atomic E-state index is 13.3. The average molecular weight is 533 g/mol. The Bertz CT molecular complexity index is 1830. The van der Waals surface area contributed by atoms with Gasteiger partial charge in [0, 0.05) is 11.8 Å². The van der Waals surface area contributed by atoms with Crippen LogP contribution in [0.25, 0.3) is 22.3 Å². The van der Waals surface area contributed by atoms with Crippen molar-refractivity contribution in [1.29, 1.82) is 0 Å². The molecule has 0 unspecified atom stereocenters. The van der Waals surface area contributed by atoms with Crippen LogP contribution < -0.4 is 4.13 Å². The summed E-state index contributed by atoms with van der Waals surface area (Å²) in [6.07, 6.45) is 1.73. The number of rotatable bonds is 7. The van der Waals surface area contributed by atoms with Crippen molar-refractivity contribution < 1.29 is 16.8 Å². The van der Waals surface area contributed by atoms with Crippen LogP contribution in [0.15, 0.2) is 101 Å². The van der Waals surface area contributed by atoms with E-state index >= 15 is 0 Å². The van der Waals surface area contributed by atoms with E-state index in [4.69, 9.17) is 0 Å². The molecule has 0 spiro atoms. The second-order valence-electron chi connectivity index (χ2n) is 8.64. The molecule has 5 aromatic rings. The van der Waals surface area contributed by atoms with Crippen molar-refractivity contribution in [3.63, 3.8) is 0 Å². The molecule has 0 aliphatic carbocycles. The van der Waals surface area contributed by atoms with E-state index < -0.39 is 20.0 Å². The number of hydrogen-bond acceptors (Lipinski definition) is 6. The van der Waals surface area contributed by atoms with E-state index in [1.165, 1.54) is 12.1 Å². The van der Waals surface area contributed by atoms with Crippen molar-refractivity contribution in [2.45, 2.75) is 30.2 Å². The molecule has 37 heavy (non-hydrogen) atoms. The second kappa shape index (κ2) is 9.55. The zero-order chi connectivity index (χ0) is 26.2. The molecule has 8 nitrogen and oxygen atoms in total. The first-order chi connectivity index (χ1) is 17.7. The molecule has 2 heterocycles. The van der Waals surface area contributed by atoms with E-state index in [1.807, 2.05) is 52.0 Å². The minimum Gasteiger partial charge on any atom is -0.308 e. The fourth-order valence-corrected chi connectivity index (χ4v) is 7.62. The van der Waals surface area contributed by atoms with Gasteiger partial charge in [-0.2, -0.15) is 0 Å². The molecule has 1 N–H and O–H groups in total. The number of aromatic nitrogens is 3. The van der Waals surface area contributed by atoms with Gasteiger partial charge in [-0.3, -0.25) is 0 Å². The molecule has 0 radical (unpaired) electrons. The molecule has 10 heteroatoms. The molecule has 0 atom stereocenters. The lowest BCUT2D eigenvalue weighted by atomic mass is 10.0. The Balaban J connectivity index is 1.45. The highest BCUT2D eigenvalue weighted by atomic mass is 32.3. The molecule has 0 aliphatic rings. The van der Waals surface area contributed by atoms with Gasteiger partial charge in [-0.15, -0.1) is 4.13 Å². The van der Waals surface area contributed by atoms with Gasteiger partial charge >= 0.3 is 0 Å². The van der Waals surface area contributed by atoms with E-state index in [-0.39, 0.29) is 9.79 Å². The molecule has 5 rings (SSSR count). The molecule has 0 saturated carbocycles. The van der Waals surface area contributed by atoms with E-state index in [1.54, 1.807) is 49.5 Å². The van der Waals surface area contributed by atoms with Crippen molar-refractivity contribution in [3.8, 4) is 11.1 Å². The predicted octanol–water partition coefficient (Wildman–Crippen LogP) is 4.43. The van der Waals surface area contributed by atoms with Gasteiger partial charge in [-0.1, -0.05) is 60.7 Å². The standard InChI is InChI=1S/C27H24N4O4S2/c1-19-8-3-5-11-25(19)36(32,33)30-37(34,35)26-12-6-4-9-23(26)22-15-13-21(14-16-22)18-31-20(2)29-24-10-7-17-28-27(24)31/h3-17,30H,18H2,1-2H3. The first kappa shape index (κ1) is 24.8. The van der Waals surface area contributed by atoms with Crippen molar-refractivity contribution in [2.75, 3.05) is 0 Å². The van der Waals surface area contributed by atoms with Gasteiger partial charge in [0.05, 0.1) is 16.3 Å². The topological polar surface area (TPSA) is 111 Å². The molecular formula is C27H24N4O4S2. The van der Waals surface area contributed by atoms with Crippen LogP contribution in [-0.2, 0) is 26.6 Å². The average Bonchev–Trinajstić information content (AvgIpc) is 3.19. The van der Waals surface area contributed by atoms with Crippen LogP contribution in [0, 0.1) is 13.8 Å². The Morgan fingerprint density at radius 1 is 0.757 bits per heavy atom. The van der Waals surface area contributed by atoms with E-state index in [9.17, 15) is 16.8 Å². The van der Waals surface area contributed by atoms with Gasteiger partial charge in [0.25, 0.3) is 20.0 Å². The second-order valence-corrected chi connectivity index (χ2v) is 12.2. The molecular weight excluding hydrogens is 508 g/mol. The number of benzene rings is 3. The van der Waals surface area contributed by atoms with Crippen LogP contribution in [0.5, 0.6) is 0 Å². The summed E-state index contributed by atoms with van der Waals surface area (Å²) >= 11 is 0. The van der Waals surface area contributed by atoms with Gasteiger partial charge in [0.15, 0.2) is 5.65 Å². The first-order valence-corrected chi connectivity index (χ1v) is 14.4. The van der Waals surface area contributed by atoms with Crippen LogP contribution in [0.1, 0.15) is 17.0 Å². The minimum absolute atomic E-state index is 0.0859. The summed E-state index contributed by atoms with van der Waals surface area (Å²) in [7, 11) is -8.71. The molecule has 0 bridgehead atoms. The fourth-order valence-electron chi connectivity index (χ4n) is 4.26. The quantitative estimate of drug-likeness (QED) is 0.332. The summed E-state index contributed by atoms with van der Waals surface area (Å²) in [5.74, 6) is 0.843. The van der Waals surface area contributed by atoms with Gasteiger partial charge < -0.3 is 4.57 Å². The molecule has 0 amide bonds. The van der Waals surface area contributed by atoms with Crippen LogP contribution in [-0.4, -0.2) is 31.4 Å². The summed E-state index contributed by atoms with van der Waals surface area (Å²) < 4.78 is 56.3. The van der Waals surface area contributed by atoms with Gasteiger partial charge in [0.1, 0.15) is 11.3 Å². The third-order valence-corrected chi connectivity index (χ3v) is 9.81. The lowest BCUT2D eigenvalue weighted by Gasteiger charge is -2.14. The number of imidazole rings is 1. The largest absolute Gasteiger partial charge is 0.308 e. The highest BCUT2D eigenvalue weighted by molar-refractivity contribution is 8.04. The Morgan fingerprint density at radius 3 is 2.14 bits per heavy atom. The normalized spacial score (nSPS) is 12.2. The molecule has 188 valence electrons. The summed E-state index contributed by atoms with van der Waals surface area (Å²) in [6.45, 7) is 4.09. The Morgan fingerprint density at radius 2 is 1.41 bits per heavy atom. The molecule has 0 aliphatic heterocycles. The summed E-state index contributed by atoms with van der Waals surface area (Å²) in [5, 5.41) is 0. The van der Waals surface area contributed by atoms with Crippen molar-refractivity contribution in [1.82, 2.24) is 18.7 Å². The zero-order valence-electron chi connectivity index (χ0n) is 20.2. The lowest BCUT2D eigenvalue weighted by molar-refractivity contribution is 0.577. The number of nitrogens with one attached hydrogen (secondary N) is 1. The number of pyridine rings is 1. The van der Waals surface area contributed by atoms with E-state index in [0.717, 1.165) is 22.6 Å². The van der Waals surface area contributed by atoms with Gasteiger partial charge in [-0.25, -0.2) is 26.8 Å². The minimum atomic E-state index is -4.40. The third-order valence-electron chi connectivity index (χ3n) is 6.08. The summed E-state index contributed by atoms with van der Waals surface area (Å²) in [6, 6.07) is 23.8. The number of hydrogen-bond donors (Lipinski definition) is 1. The smallest absolute Gasteiger partial charge is 0.254 e. The van der Waals surface area contributed by atoms with E-state index in [2.05, 4.69) is 9.97 Å². The Labute approximate surface area is 215 Å². The van der Waals surface area contributed by atoms with Crippen LogP contribution in [0.4, 0.5) is 0 Å². The Hall–Kier alpha value is -3.86. The zero-order valence-corrected chi connectivity index (χ0v) is 21.8. The predicted molar refractivity (Wildman–Crippen MR) is 142 cm³/mol. The van der Waals surface area contributed by atoms with Crippen LogP contribution >= 0.6 is 0 Å². The highest BCUT2D eigenvalue weighted by Gasteiger charge is 2.27. The van der Waals surface area contributed by atoms with Gasteiger partial charge in [0.2, 0.25) is 0 Å². The number of nitrogens with zero attached hydrogens (tertiary/aromatic N) is 3. The number of aryl methyl sites for hydroxylation is 2. The third kappa shape index (κ3) is 4.91. The molecule has 0 saturated heterocycles. The molecule has 0 fully saturated rings. The Kier molecular flexibility index (Phi) is 6.40. The van der Waals surface area contributed by atoms with Crippen molar-refractivity contribution in [2.24, 2.45) is 0 Å². The highest BCUT2D eigenvalue weighted by Crippen LogP contribution is 2.29. The first-order valence-electron chi connectivity index (χ1n) is 11.5. The van der Waals surface area contributed by atoms with E-state index in [0.29, 0.717) is 23.2 Å². The SMILES string of the molecule is Cc1ccccc1S(=O)(=O)NS(=O)(=O)c1ccccc1-c1ccc(Cn2c(C)nc3cccnc32)cc1. The summed E-state index contributed by atoms with van der Waals surface area (Å²) in [5.41, 5.74) is 4.09. The monoisotopic (exact) mass is 532 g/mol.